The van der Waals surface area contributed by atoms with Crippen molar-refractivity contribution in [3.8, 4) is 11.1 Å². The van der Waals surface area contributed by atoms with Crippen LogP contribution in [0.5, 0.6) is 0 Å². The number of rotatable bonds is 7. The number of anilines is 2. The minimum atomic E-state index is -0.275. The SMILES string of the molecule is OCCNc1nc(NCc2ccccn2)c2c(-c3ccc(F)cc3)csc2n1. The third kappa shape index (κ3) is 3.92. The Hall–Kier alpha value is -3.10. The van der Waals surface area contributed by atoms with E-state index >= 15 is 0 Å². The lowest BCUT2D eigenvalue weighted by molar-refractivity contribution is 0.311. The second-order valence-electron chi connectivity index (χ2n) is 6.06. The summed E-state index contributed by atoms with van der Waals surface area (Å²) in [5.41, 5.74) is 2.73. The van der Waals surface area contributed by atoms with Crippen LogP contribution in [-0.4, -0.2) is 33.2 Å². The molecule has 0 atom stereocenters. The van der Waals surface area contributed by atoms with E-state index in [-0.39, 0.29) is 12.4 Å². The second kappa shape index (κ2) is 8.28. The van der Waals surface area contributed by atoms with Crippen LogP contribution in [0, 0.1) is 5.82 Å². The van der Waals surface area contributed by atoms with Crippen molar-refractivity contribution in [2.24, 2.45) is 0 Å². The van der Waals surface area contributed by atoms with Crippen molar-refractivity contribution in [2.75, 3.05) is 23.8 Å². The van der Waals surface area contributed by atoms with E-state index in [0.29, 0.717) is 24.9 Å². The number of halogens is 1. The van der Waals surface area contributed by atoms with Gasteiger partial charge in [0, 0.05) is 23.7 Å². The number of benzene rings is 1. The van der Waals surface area contributed by atoms with Crippen molar-refractivity contribution >= 4 is 33.3 Å². The van der Waals surface area contributed by atoms with E-state index < -0.39 is 0 Å². The average Bonchev–Trinajstić information content (AvgIpc) is 3.16. The molecule has 142 valence electrons. The largest absolute Gasteiger partial charge is 0.395 e. The van der Waals surface area contributed by atoms with Gasteiger partial charge in [0.2, 0.25) is 5.95 Å². The van der Waals surface area contributed by atoms with Crippen LogP contribution in [0.4, 0.5) is 16.2 Å². The molecule has 0 radical (unpaired) electrons. The molecular formula is C20H18FN5OS. The molecule has 1 aromatic carbocycles. The normalized spacial score (nSPS) is 10.9. The molecule has 8 heteroatoms. The fourth-order valence-corrected chi connectivity index (χ4v) is 3.78. The Morgan fingerprint density at radius 3 is 2.64 bits per heavy atom. The van der Waals surface area contributed by atoms with Crippen LogP contribution < -0.4 is 10.6 Å². The Morgan fingerprint density at radius 2 is 1.89 bits per heavy atom. The lowest BCUT2D eigenvalue weighted by Gasteiger charge is -2.11. The van der Waals surface area contributed by atoms with E-state index in [4.69, 9.17) is 5.11 Å². The standard InChI is InChI=1S/C20H18FN5OS/c21-14-6-4-13(5-7-14)16-12-28-19-17(16)18(25-20(26-19)23-9-10-27)24-11-15-3-1-2-8-22-15/h1-8,12,27H,9-11H2,(H2,23,24,25,26). The predicted molar refractivity (Wildman–Crippen MR) is 110 cm³/mol. The Kier molecular flexibility index (Phi) is 5.41. The molecule has 3 N–H and O–H groups in total. The summed E-state index contributed by atoms with van der Waals surface area (Å²) in [4.78, 5) is 14.3. The van der Waals surface area contributed by atoms with Gasteiger partial charge in [0.05, 0.1) is 24.2 Å². The zero-order chi connectivity index (χ0) is 19.3. The van der Waals surface area contributed by atoms with E-state index in [2.05, 4.69) is 25.6 Å². The van der Waals surface area contributed by atoms with E-state index in [1.807, 2.05) is 23.6 Å². The van der Waals surface area contributed by atoms with Crippen LogP contribution in [-0.2, 0) is 6.54 Å². The number of aliphatic hydroxyl groups is 1. The number of aromatic nitrogens is 3. The number of thiophene rings is 1. The highest BCUT2D eigenvalue weighted by Crippen LogP contribution is 2.37. The van der Waals surface area contributed by atoms with Gasteiger partial charge in [-0.25, -0.2) is 9.37 Å². The molecule has 0 aliphatic rings. The molecule has 4 rings (SSSR count). The van der Waals surface area contributed by atoms with Crippen LogP contribution in [0.15, 0.2) is 54.0 Å². The third-order valence-electron chi connectivity index (χ3n) is 4.15. The summed E-state index contributed by atoms with van der Waals surface area (Å²) in [6, 6.07) is 12.1. The number of hydrogen-bond donors (Lipinski definition) is 3. The molecule has 0 unspecified atom stereocenters. The molecule has 0 bridgehead atoms. The van der Waals surface area contributed by atoms with Crippen LogP contribution in [0.25, 0.3) is 21.3 Å². The Morgan fingerprint density at radius 1 is 1.04 bits per heavy atom. The van der Waals surface area contributed by atoms with Crippen molar-refractivity contribution in [1.82, 2.24) is 15.0 Å². The summed E-state index contributed by atoms with van der Waals surface area (Å²) in [5, 5.41) is 18.3. The quantitative estimate of drug-likeness (QED) is 0.440. The maximum atomic E-state index is 13.3. The number of fused-ring (bicyclic) bond motifs is 1. The first-order chi connectivity index (χ1) is 13.7. The van der Waals surface area contributed by atoms with Gasteiger partial charge in [0.1, 0.15) is 16.5 Å². The van der Waals surface area contributed by atoms with Gasteiger partial charge in [0.15, 0.2) is 0 Å². The molecule has 4 aromatic rings. The molecule has 28 heavy (non-hydrogen) atoms. The summed E-state index contributed by atoms with van der Waals surface area (Å²) >= 11 is 1.49. The van der Waals surface area contributed by atoms with E-state index in [9.17, 15) is 4.39 Å². The van der Waals surface area contributed by atoms with Crippen molar-refractivity contribution in [3.63, 3.8) is 0 Å². The van der Waals surface area contributed by atoms with Gasteiger partial charge in [-0.05, 0) is 29.8 Å². The molecule has 0 saturated heterocycles. The maximum Gasteiger partial charge on any atom is 0.226 e. The van der Waals surface area contributed by atoms with Crippen molar-refractivity contribution in [2.45, 2.75) is 6.54 Å². The minimum absolute atomic E-state index is 0.0106. The molecule has 0 spiro atoms. The molecule has 0 amide bonds. The van der Waals surface area contributed by atoms with Crippen molar-refractivity contribution in [1.29, 1.82) is 0 Å². The fourth-order valence-electron chi connectivity index (χ4n) is 2.84. The highest BCUT2D eigenvalue weighted by Gasteiger charge is 2.15. The number of nitrogens with one attached hydrogen (secondary N) is 2. The van der Waals surface area contributed by atoms with Gasteiger partial charge in [-0.15, -0.1) is 11.3 Å². The number of pyridine rings is 1. The topological polar surface area (TPSA) is 83.0 Å². The van der Waals surface area contributed by atoms with Gasteiger partial charge in [0.25, 0.3) is 0 Å². The van der Waals surface area contributed by atoms with Crippen LogP contribution in [0.1, 0.15) is 5.69 Å². The van der Waals surface area contributed by atoms with Gasteiger partial charge in [-0.2, -0.15) is 4.98 Å². The lowest BCUT2D eigenvalue weighted by Crippen LogP contribution is -2.11. The fraction of sp³-hybridized carbons (Fsp3) is 0.150. The molecule has 6 nitrogen and oxygen atoms in total. The van der Waals surface area contributed by atoms with Gasteiger partial charge >= 0.3 is 0 Å². The maximum absolute atomic E-state index is 13.3. The second-order valence-corrected chi connectivity index (χ2v) is 6.92. The first-order valence-electron chi connectivity index (χ1n) is 8.78. The van der Waals surface area contributed by atoms with Crippen molar-refractivity contribution in [3.05, 3.63) is 65.6 Å². The molecule has 3 aromatic heterocycles. The zero-order valence-electron chi connectivity index (χ0n) is 14.9. The van der Waals surface area contributed by atoms with Gasteiger partial charge in [-0.3, -0.25) is 4.98 Å². The van der Waals surface area contributed by atoms with Crippen LogP contribution in [0.2, 0.25) is 0 Å². The van der Waals surface area contributed by atoms with Gasteiger partial charge in [-0.1, -0.05) is 18.2 Å². The van der Waals surface area contributed by atoms with Crippen molar-refractivity contribution < 1.29 is 9.50 Å². The highest BCUT2D eigenvalue weighted by molar-refractivity contribution is 7.17. The molecular weight excluding hydrogens is 377 g/mol. The molecule has 0 aliphatic heterocycles. The van der Waals surface area contributed by atoms with Gasteiger partial charge < -0.3 is 15.7 Å². The molecule has 0 saturated carbocycles. The summed E-state index contributed by atoms with van der Waals surface area (Å²) in [7, 11) is 0. The Bertz CT molecular complexity index is 1070. The molecule has 0 aliphatic carbocycles. The van der Waals surface area contributed by atoms with Crippen LogP contribution in [0.3, 0.4) is 0 Å². The highest BCUT2D eigenvalue weighted by atomic mass is 32.1. The van der Waals surface area contributed by atoms with E-state index in [1.54, 1.807) is 18.3 Å². The molecule has 0 fully saturated rings. The zero-order valence-corrected chi connectivity index (χ0v) is 15.7. The van der Waals surface area contributed by atoms with E-state index in [0.717, 1.165) is 27.0 Å². The summed E-state index contributed by atoms with van der Waals surface area (Å²) in [5.74, 6) is 0.831. The number of aliphatic hydroxyl groups excluding tert-OH is 1. The minimum Gasteiger partial charge on any atom is -0.395 e. The van der Waals surface area contributed by atoms with Crippen LogP contribution >= 0.6 is 11.3 Å². The third-order valence-corrected chi connectivity index (χ3v) is 5.02. The monoisotopic (exact) mass is 395 g/mol. The average molecular weight is 395 g/mol. The summed E-state index contributed by atoms with van der Waals surface area (Å²) in [6.45, 7) is 0.857. The molecule has 3 heterocycles. The lowest BCUT2D eigenvalue weighted by atomic mass is 10.1. The number of hydrogen-bond acceptors (Lipinski definition) is 7. The summed E-state index contributed by atoms with van der Waals surface area (Å²) < 4.78 is 13.3. The smallest absolute Gasteiger partial charge is 0.226 e. The van der Waals surface area contributed by atoms with E-state index in [1.165, 1.54) is 23.5 Å². The Labute approximate surface area is 165 Å². The summed E-state index contributed by atoms with van der Waals surface area (Å²) in [6.07, 6.45) is 1.75. The first kappa shape index (κ1) is 18.3. The predicted octanol–water partition coefficient (Wildman–Crippen LogP) is 3.91. The Balaban J connectivity index is 1.76. The number of nitrogens with zero attached hydrogens (tertiary/aromatic N) is 3. The first-order valence-corrected chi connectivity index (χ1v) is 9.66.